The molecule has 1 N–H and O–H groups in total. The number of halogens is 1. The fraction of sp³-hybridized carbons (Fsp3) is 0.600. The van der Waals surface area contributed by atoms with E-state index in [4.69, 9.17) is 4.74 Å². The van der Waals surface area contributed by atoms with Crippen LogP contribution in [0.2, 0.25) is 0 Å². The number of nitrogens with zero attached hydrogens (tertiary/aromatic N) is 5. The van der Waals surface area contributed by atoms with Crippen LogP contribution >= 0.6 is 22.6 Å². The van der Waals surface area contributed by atoms with Gasteiger partial charge in [0.05, 0.1) is 5.69 Å². The molecule has 1 aliphatic rings. The largest absolute Gasteiger partial charge is 0.473 e. The quantitative estimate of drug-likeness (QED) is 0.711. The van der Waals surface area contributed by atoms with Crippen molar-refractivity contribution in [2.75, 3.05) is 11.4 Å². The van der Waals surface area contributed by atoms with Crippen LogP contribution < -0.4 is 9.64 Å². The van der Waals surface area contributed by atoms with Crippen LogP contribution in [0.15, 0.2) is 6.07 Å². The van der Waals surface area contributed by atoms with Crippen LogP contribution in [0.25, 0.3) is 5.65 Å². The summed E-state index contributed by atoms with van der Waals surface area (Å²) in [4.78, 5) is 13.0. The van der Waals surface area contributed by atoms with Crippen LogP contribution in [0.3, 0.4) is 0 Å². The number of carbonyl (C=O) groups is 1. The number of rotatable bonds is 5. The summed E-state index contributed by atoms with van der Waals surface area (Å²) in [5.41, 5.74) is 0.871. The molecule has 1 aliphatic carbocycles. The van der Waals surface area contributed by atoms with Gasteiger partial charge in [-0.3, -0.25) is 4.90 Å². The van der Waals surface area contributed by atoms with Gasteiger partial charge in [0.15, 0.2) is 0 Å². The van der Waals surface area contributed by atoms with E-state index in [-0.39, 0.29) is 12.0 Å². The number of hydrogen-bond acceptors (Lipinski definition) is 5. The minimum atomic E-state index is -1.03. The van der Waals surface area contributed by atoms with E-state index in [0.717, 1.165) is 25.7 Å². The molecule has 9 heteroatoms. The second-order valence-corrected chi connectivity index (χ2v) is 7.35. The topological polar surface area (TPSA) is 92.9 Å². The number of fused-ring (bicyclic) bond motifs is 1. The van der Waals surface area contributed by atoms with Crippen molar-refractivity contribution >= 4 is 40.0 Å². The van der Waals surface area contributed by atoms with Crippen LogP contribution in [-0.2, 0) is 0 Å². The van der Waals surface area contributed by atoms with Gasteiger partial charge in [0.25, 0.3) is 0 Å². The monoisotopic (exact) mass is 445 g/mol. The first-order valence-electron chi connectivity index (χ1n) is 8.04. The summed E-state index contributed by atoms with van der Waals surface area (Å²) >= 11 is 2.02. The second kappa shape index (κ2) is 7.08. The fourth-order valence-corrected chi connectivity index (χ4v) is 3.34. The van der Waals surface area contributed by atoms with Gasteiger partial charge < -0.3 is 9.84 Å². The molecule has 0 radical (unpaired) electrons. The maximum Gasteiger partial charge on any atom is 0.411 e. The highest BCUT2D eigenvalue weighted by molar-refractivity contribution is 14.1. The summed E-state index contributed by atoms with van der Waals surface area (Å²) in [5, 5.41) is 22.1. The third-order valence-electron chi connectivity index (χ3n) is 3.95. The van der Waals surface area contributed by atoms with Crippen molar-refractivity contribution < 1.29 is 14.6 Å². The maximum atomic E-state index is 11.7. The predicted molar refractivity (Wildman–Crippen MR) is 96.6 cm³/mol. The smallest absolute Gasteiger partial charge is 0.411 e. The van der Waals surface area contributed by atoms with E-state index < -0.39 is 6.09 Å². The fourth-order valence-electron chi connectivity index (χ4n) is 2.90. The van der Waals surface area contributed by atoms with Crippen molar-refractivity contribution in [1.82, 2.24) is 19.8 Å². The summed E-state index contributed by atoms with van der Waals surface area (Å²) in [7, 11) is 0. The van der Waals surface area contributed by atoms with Gasteiger partial charge in [0.1, 0.15) is 6.10 Å². The zero-order valence-electron chi connectivity index (χ0n) is 13.6. The van der Waals surface area contributed by atoms with Gasteiger partial charge in [-0.15, -0.1) is 15.3 Å². The molecular weight excluding hydrogens is 425 g/mol. The molecule has 0 saturated heterocycles. The number of carboxylic acid groups (broad SMARTS) is 1. The molecule has 2 aromatic heterocycles. The predicted octanol–water partition coefficient (Wildman–Crippen LogP) is 3.19. The lowest BCUT2D eigenvalue weighted by atomic mass is 10.2. The standard InChI is InChI=1S/C15H20IN5O3/c1-9(2)8-20(15(22)23)11-7-12(24-10-5-3-4-6-10)19-21-13(11)17-18-14(21)16/h7,9-10H,3-6,8H2,1-2H3,(H,22,23). The molecule has 2 aromatic rings. The minimum absolute atomic E-state index is 0.139. The van der Waals surface area contributed by atoms with Crippen LogP contribution in [0.4, 0.5) is 10.5 Å². The van der Waals surface area contributed by atoms with Gasteiger partial charge in [-0.2, -0.15) is 4.52 Å². The molecule has 24 heavy (non-hydrogen) atoms. The van der Waals surface area contributed by atoms with Crippen molar-refractivity contribution in [3.05, 3.63) is 9.90 Å². The number of hydrogen-bond donors (Lipinski definition) is 1. The Labute approximate surface area is 153 Å². The van der Waals surface area contributed by atoms with Crippen molar-refractivity contribution in [2.24, 2.45) is 5.92 Å². The Morgan fingerprint density at radius 3 is 2.79 bits per heavy atom. The molecule has 1 amide bonds. The Bertz CT molecular complexity index is 742. The molecule has 1 fully saturated rings. The highest BCUT2D eigenvalue weighted by Gasteiger charge is 2.24. The molecule has 0 spiro atoms. The molecule has 0 aromatic carbocycles. The van der Waals surface area contributed by atoms with Crippen molar-refractivity contribution in [3.63, 3.8) is 0 Å². The van der Waals surface area contributed by atoms with Crippen LogP contribution in [0.1, 0.15) is 39.5 Å². The van der Waals surface area contributed by atoms with E-state index in [2.05, 4.69) is 15.3 Å². The summed E-state index contributed by atoms with van der Waals surface area (Å²) in [5.74, 6) is 0.590. The highest BCUT2D eigenvalue weighted by Crippen LogP contribution is 2.29. The van der Waals surface area contributed by atoms with Crippen molar-refractivity contribution in [2.45, 2.75) is 45.6 Å². The zero-order chi connectivity index (χ0) is 17.3. The lowest BCUT2D eigenvalue weighted by Crippen LogP contribution is -2.33. The van der Waals surface area contributed by atoms with Gasteiger partial charge in [-0.1, -0.05) is 13.8 Å². The summed E-state index contributed by atoms with van der Waals surface area (Å²) < 4.78 is 8.08. The Hall–Kier alpha value is -1.65. The first-order chi connectivity index (χ1) is 11.5. The summed E-state index contributed by atoms with van der Waals surface area (Å²) in [6, 6.07) is 1.66. The zero-order valence-corrected chi connectivity index (χ0v) is 15.8. The average Bonchev–Trinajstić information content (AvgIpc) is 3.15. The molecule has 0 aliphatic heterocycles. The maximum absolute atomic E-state index is 11.7. The summed E-state index contributed by atoms with van der Waals surface area (Å²) in [6.07, 6.45) is 3.42. The van der Waals surface area contributed by atoms with Crippen LogP contribution in [0, 0.1) is 9.75 Å². The van der Waals surface area contributed by atoms with Gasteiger partial charge in [0, 0.05) is 35.2 Å². The molecule has 8 nitrogen and oxygen atoms in total. The molecule has 130 valence electrons. The molecule has 0 unspecified atom stereocenters. The van der Waals surface area contributed by atoms with Crippen molar-refractivity contribution in [1.29, 1.82) is 0 Å². The van der Waals surface area contributed by atoms with E-state index in [0.29, 0.717) is 27.6 Å². The normalized spacial score (nSPS) is 15.3. The number of ether oxygens (including phenoxy) is 1. The minimum Gasteiger partial charge on any atom is -0.473 e. The molecule has 2 heterocycles. The van der Waals surface area contributed by atoms with Crippen LogP contribution in [0.5, 0.6) is 5.88 Å². The van der Waals surface area contributed by atoms with E-state index in [1.165, 1.54) is 9.42 Å². The van der Waals surface area contributed by atoms with Crippen molar-refractivity contribution in [3.8, 4) is 5.88 Å². The summed E-state index contributed by atoms with van der Waals surface area (Å²) in [6.45, 7) is 4.30. The second-order valence-electron chi connectivity index (χ2n) is 6.38. The van der Waals surface area contributed by atoms with Gasteiger partial charge in [-0.05, 0) is 31.6 Å². The molecular formula is C15H20IN5O3. The van der Waals surface area contributed by atoms with E-state index in [1.807, 2.05) is 36.4 Å². The third kappa shape index (κ3) is 3.55. The number of aromatic nitrogens is 4. The highest BCUT2D eigenvalue weighted by atomic mass is 127. The third-order valence-corrected chi connectivity index (χ3v) is 4.62. The molecule has 0 bridgehead atoms. The SMILES string of the molecule is CC(C)CN(C(=O)O)c1cc(OC2CCCC2)nn2c(I)nnc12. The molecule has 3 rings (SSSR count). The van der Waals surface area contributed by atoms with Gasteiger partial charge in [0.2, 0.25) is 15.4 Å². The first kappa shape index (κ1) is 17.2. The number of amides is 1. The first-order valence-corrected chi connectivity index (χ1v) is 9.12. The molecule has 0 atom stereocenters. The molecule has 1 saturated carbocycles. The van der Waals surface area contributed by atoms with Gasteiger partial charge in [-0.25, -0.2) is 4.79 Å². The van der Waals surface area contributed by atoms with Crippen LogP contribution in [-0.4, -0.2) is 43.7 Å². The Morgan fingerprint density at radius 1 is 1.46 bits per heavy atom. The Morgan fingerprint density at radius 2 is 2.17 bits per heavy atom. The average molecular weight is 445 g/mol. The van der Waals surface area contributed by atoms with E-state index >= 15 is 0 Å². The number of anilines is 1. The lowest BCUT2D eigenvalue weighted by molar-refractivity contribution is 0.197. The Kier molecular flexibility index (Phi) is 5.07. The van der Waals surface area contributed by atoms with E-state index in [9.17, 15) is 9.90 Å². The Balaban J connectivity index is 2.04. The lowest BCUT2D eigenvalue weighted by Gasteiger charge is -2.22. The van der Waals surface area contributed by atoms with Gasteiger partial charge >= 0.3 is 6.09 Å². The van der Waals surface area contributed by atoms with E-state index in [1.54, 1.807) is 6.07 Å².